The Morgan fingerprint density at radius 3 is 2.71 bits per heavy atom. The maximum atomic E-state index is 11.1. The molecular formula is C11H16N4O2. The van der Waals surface area contributed by atoms with Gasteiger partial charge in [-0.3, -0.25) is 4.68 Å². The summed E-state index contributed by atoms with van der Waals surface area (Å²) >= 11 is 0. The number of hydrogen-bond acceptors (Lipinski definition) is 4. The van der Waals surface area contributed by atoms with E-state index >= 15 is 0 Å². The van der Waals surface area contributed by atoms with Gasteiger partial charge in [0, 0.05) is 14.1 Å². The number of aromatic nitrogens is 2. The van der Waals surface area contributed by atoms with Crippen LogP contribution in [-0.2, 0) is 11.8 Å². The highest BCUT2D eigenvalue weighted by Crippen LogP contribution is 2.23. The van der Waals surface area contributed by atoms with Crippen molar-refractivity contribution in [1.82, 2.24) is 9.78 Å². The molecule has 1 atom stereocenters. The monoisotopic (exact) mass is 236 g/mol. The first-order valence-electron chi connectivity index (χ1n) is 5.33. The van der Waals surface area contributed by atoms with Gasteiger partial charge in [-0.15, -0.1) is 0 Å². The minimum atomic E-state index is -0.905. The van der Waals surface area contributed by atoms with E-state index in [1.165, 1.54) is 0 Å². The summed E-state index contributed by atoms with van der Waals surface area (Å²) in [5.41, 5.74) is 1.03. The van der Waals surface area contributed by atoms with E-state index in [4.69, 9.17) is 10.4 Å². The molecule has 0 spiro atoms. The smallest absolute Gasteiger partial charge is 0.326 e. The molecule has 1 heterocycles. The lowest BCUT2D eigenvalue weighted by Gasteiger charge is -2.25. The van der Waals surface area contributed by atoms with Crippen LogP contribution in [0.2, 0.25) is 0 Å². The molecule has 6 nitrogen and oxygen atoms in total. The number of hydrogen-bond donors (Lipinski definition) is 1. The van der Waals surface area contributed by atoms with Crippen LogP contribution >= 0.6 is 0 Å². The summed E-state index contributed by atoms with van der Waals surface area (Å²) in [6.07, 6.45) is 0.459. The van der Waals surface area contributed by atoms with Gasteiger partial charge in [-0.1, -0.05) is 6.92 Å². The molecule has 0 aliphatic rings. The number of aliphatic carboxylic acids is 1. The minimum Gasteiger partial charge on any atom is -0.480 e. The van der Waals surface area contributed by atoms with E-state index in [-0.39, 0.29) is 0 Å². The van der Waals surface area contributed by atoms with Crippen LogP contribution in [0.1, 0.15) is 24.6 Å². The van der Waals surface area contributed by atoms with Gasteiger partial charge in [-0.2, -0.15) is 10.4 Å². The Labute approximate surface area is 100 Å². The van der Waals surface area contributed by atoms with E-state index in [2.05, 4.69) is 11.2 Å². The Balaban J connectivity index is 3.25. The standard InChI is InChI=1S/C11H16N4O2/c1-5-9(11(16)17)14(3)10-8(6-12)7(2)13-15(10)4/h9H,5H2,1-4H3,(H,16,17). The quantitative estimate of drug-likeness (QED) is 0.839. The van der Waals surface area contributed by atoms with E-state index in [9.17, 15) is 4.79 Å². The Hall–Kier alpha value is -2.03. The normalized spacial score (nSPS) is 11.9. The number of aryl methyl sites for hydroxylation is 2. The first kappa shape index (κ1) is 13.0. The highest BCUT2D eigenvalue weighted by molar-refractivity contribution is 5.78. The molecule has 0 radical (unpaired) electrons. The molecule has 0 bridgehead atoms. The first-order chi connectivity index (χ1) is 7.93. The number of rotatable bonds is 4. The fourth-order valence-corrected chi connectivity index (χ4v) is 1.94. The SMILES string of the molecule is CCC(C(=O)O)N(C)c1c(C#N)c(C)nn1C. The topological polar surface area (TPSA) is 82.2 Å². The van der Waals surface area contributed by atoms with E-state index in [1.54, 1.807) is 37.5 Å². The summed E-state index contributed by atoms with van der Waals surface area (Å²) in [6, 6.07) is 1.41. The second-order valence-corrected chi connectivity index (χ2v) is 3.89. The van der Waals surface area contributed by atoms with Gasteiger partial charge in [-0.25, -0.2) is 4.79 Å². The highest BCUT2D eigenvalue weighted by atomic mass is 16.4. The molecule has 0 aliphatic carbocycles. The lowest BCUT2D eigenvalue weighted by Crippen LogP contribution is -2.39. The summed E-state index contributed by atoms with van der Waals surface area (Å²) in [5, 5.41) is 22.3. The molecule has 1 unspecified atom stereocenters. The van der Waals surface area contributed by atoms with Gasteiger partial charge in [0.1, 0.15) is 23.5 Å². The molecule has 1 aromatic heterocycles. The van der Waals surface area contributed by atoms with Gasteiger partial charge in [0.2, 0.25) is 0 Å². The van der Waals surface area contributed by atoms with Crippen LogP contribution in [0, 0.1) is 18.3 Å². The maximum absolute atomic E-state index is 11.1. The van der Waals surface area contributed by atoms with Crippen molar-refractivity contribution in [2.75, 3.05) is 11.9 Å². The van der Waals surface area contributed by atoms with Crippen molar-refractivity contribution in [3.05, 3.63) is 11.3 Å². The zero-order chi connectivity index (χ0) is 13.2. The number of carboxylic acid groups (broad SMARTS) is 1. The van der Waals surface area contributed by atoms with Crippen LogP contribution in [0.25, 0.3) is 0 Å². The van der Waals surface area contributed by atoms with Gasteiger partial charge in [0.25, 0.3) is 0 Å². The molecule has 0 saturated heterocycles. The summed E-state index contributed by atoms with van der Waals surface area (Å²) in [4.78, 5) is 12.7. The molecule has 92 valence electrons. The van der Waals surface area contributed by atoms with E-state index in [0.29, 0.717) is 23.5 Å². The molecule has 0 saturated carbocycles. The number of anilines is 1. The fourth-order valence-electron chi connectivity index (χ4n) is 1.94. The predicted molar refractivity (Wildman–Crippen MR) is 62.8 cm³/mol. The molecule has 0 amide bonds. The van der Waals surface area contributed by atoms with Crippen molar-refractivity contribution in [1.29, 1.82) is 5.26 Å². The Bertz CT molecular complexity index is 473. The Morgan fingerprint density at radius 2 is 2.29 bits per heavy atom. The zero-order valence-electron chi connectivity index (χ0n) is 10.4. The molecule has 0 aliphatic heterocycles. The third kappa shape index (κ3) is 2.23. The summed E-state index contributed by atoms with van der Waals surface area (Å²) < 4.78 is 1.54. The highest BCUT2D eigenvalue weighted by Gasteiger charge is 2.26. The van der Waals surface area contributed by atoms with Crippen LogP contribution in [0.15, 0.2) is 0 Å². The summed E-state index contributed by atoms with van der Waals surface area (Å²) in [6.45, 7) is 3.53. The first-order valence-corrected chi connectivity index (χ1v) is 5.33. The van der Waals surface area contributed by atoms with Crippen LogP contribution < -0.4 is 4.90 Å². The van der Waals surface area contributed by atoms with Crippen molar-refractivity contribution >= 4 is 11.8 Å². The van der Waals surface area contributed by atoms with Crippen LogP contribution in [-0.4, -0.2) is 33.9 Å². The predicted octanol–water partition coefficient (Wildman–Crippen LogP) is 0.900. The van der Waals surface area contributed by atoms with Crippen LogP contribution in [0.4, 0.5) is 5.82 Å². The zero-order valence-corrected chi connectivity index (χ0v) is 10.4. The lowest BCUT2D eigenvalue weighted by atomic mass is 10.1. The molecule has 1 N–H and O–H groups in total. The van der Waals surface area contributed by atoms with E-state index in [0.717, 1.165) is 0 Å². The Kier molecular flexibility index (Phi) is 3.73. The largest absolute Gasteiger partial charge is 0.480 e. The second kappa shape index (κ2) is 4.87. The van der Waals surface area contributed by atoms with Crippen molar-refractivity contribution in [2.45, 2.75) is 26.3 Å². The number of nitriles is 1. The van der Waals surface area contributed by atoms with Crippen LogP contribution in [0.3, 0.4) is 0 Å². The number of carbonyl (C=O) groups is 1. The number of nitrogens with zero attached hydrogens (tertiary/aromatic N) is 4. The third-order valence-electron chi connectivity index (χ3n) is 2.78. The van der Waals surface area contributed by atoms with E-state index in [1.807, 2.05) is 0 Å². The van der Waals surface area contributed by atoms with Crippen molar-refractivity contribution in [3.63, 3.8) is 0 Å². The van der Waals surface area contributed by atoms with Gasteiger partial charge >= 0.3 is 5.97 Å². The van der Waals surface area contributed by atoms with Gasteiger partial charge < -0.3 is 10.0 Å². The average Bonchev–Trinajstić information content (AvgIpc) is 2.52. The fraction of sp³-hybridized carbons (Fsp3) is 0.545. The minimum absolute atomic E-state index is 0.426. The molecule has 17 heavy (non-hydrogen) atoms. The van der Waals surface area contributed by atoms with Crippen molar-refractivity contribution in [3.8, 4) is 6.07 Å². The lowest BCUT2D eigenvalue weighted by molar-refractivity contribution is -0.138. The summed E-state index contributed by atoms with van der Waals surface area (Å²) in [7, 11) is 3.37. The molecule has 6 heteroatoms. The van der Waals surface area contributed by atoms with Crippen molar-refractivity contribution in [2.24, 2.45) is 7.05 Å². The maximum Gasteiger partial charge on any atom is 0.326 e. The van der Waals surface area contributed by atoms with Crippen molar-refractivity contribution < 1.29 is 9.90 Å². The second-order valence-electron chi connectivity index (χ2n) is 3.89. The van der Waals surface area contributed by atoms with Gasteiger partial charge in [-0.05, 0) is 13.3 Å². The number of likely N-dealkylation sites (N-methyl/N-ethyl adjacent to an activating group) is 1. The Morgan fingerprint density at radius 1 is 1.71 bits per heavy atom. The molecular weight excluding hydrogens is 220 g/mol. The molecule has 0 aromatic carbocycles. The molecule has 1 aromatic rings. The van der Waals surface area contributed by atoms with E-state index < -0.39 is 12.0 Å². The van der Waals surface area contributed by atoms with Crippen LogP contribution in [0.5, 0.6) is 0 Å². The molecule has 0 fully saturated rings. The van der Waals surface area contributed by atoms with Gasteiger partial charge in [0.05, 0.1) is 5.69 Å². The average molecular weight is 236 g/mol. The number of carboxylic acids is 1. The molecule has 1 rings (SSSR count). The third-order valence-corrected chi connectivity index (χ3v) is 2.78. The summed E-state index contributed by atoms with van der Waals surface area (Å²) in [5.74, 6) is -0.364. The van der Waals surface area contributed by atoms with Gasteiger partial charge in [0.15, 0.2) is 0 Å².